The molecule has 0 saturated heterocycles. The lowest BCUT2D eigenvalue weighted by Crippen LogP contribution is -2.28. The minimum atomic E-state index is -0.500. The Bertz CT molecular complexity index is 1400. The van der Waals surface area contributed by atoms with E-state index in [0.717, 1.165) is 12.0 Å². The Balaban J connectivity index is 1.13. The summed E-state index contributed by atoms with van der Waals surface area (Å²) in [6, 6.07) is 24.2. The van der Waals surface area contributed by atoms with Crippen LogP contribution in [0.5, 0.6) is 0 Å². The van der Waals surface area contributed by atoms with Gasteiger partial charge in [-0.1, -0.05) is 98.3 Å². The van der Waals surface area contributed by atoms with Gasteiger partial charge in [0.2, 0.25) is 0 Å². The van der Waals surface area contributed by atoms with Crippen molar-refractivity contribution in [3.05, 3.63) is 112 Å². The average molecular weight is 520 g/mol. The second-order valence-corrected chi connectivity index (χ2v) is 11.3. The lowest BCUT2D eigenvalue weighted by atomic mass is 9.72. The summed E-state index contributed by atoms with van der Waals surface area (Å²) >= 11 is 0. The first-order valence-electron chi connectivity index (χ1n) is 13.9. The molecule has 1 amide bonds. The maximum atomic E-state index is 12.9. The zero-order valence-corrected chi connectivity index (χ0v) is 23.1. The molecular formula is C35H37NO3. The van der Waals surface area contributed by atoms with Crippen LogP contribution in [-0.2, 0) is 4.74 Å². The van der Waals surface area contributed by atoms with Gasteiger partial charge in [0.1, 0.15) is 6.61 Å². The maximum Gasteiger partial charge on any atom is 0.407 e. The molecule has 2 aliphatic carbocycles. The number of carbonyl (C=O) groups excluding carboxylic acids is 2. The zero-order chi connectivity index (χ0) is 27.4. The SMILES string of the molecule is CC1=C(C=Cc2cccc(C(=O)CCNC(=O)OCC3c4ccccc4-c4ccccc43)c2)C(C)(C)CCC1. The molecule has 1 N–H and O–H groups in total. The summed E-state index contributed by atoms with van der Waals surface area (Å²) in [4.78, 5) is 25.3. The largest absolute Gasteiger partial charge is 0.449 e. The fraction of sp³-hybridized carbons (Fsp3) is 0.314. The van der Waals surface area contributed by atoms with Gasteiger partial charge in [0.05, 0.1) is 0 Å². The van der Waals surface area contributed by atoms with Crippen LogP contribution in [0.2, 0.25) is 0 Å². The van der Waals surface area contributed by atoms with Crippen LogP contribution < -0.4 is 5.32 Å². The molecule has 39 heavy (non-hydrogen) atoms. The zero-order valence-electron chi connectivity index (χ0n) is 23.1. The molecule has 4 heteroatoms. The van der Waals surface area contributed by atoms with Crippen molar-refractivity contribution in [2.75, 3.05) is 13.2 Å². The van der Waals surface area contributed by atoms with E-state index in [9.17, 15) is 9.59 Å². The van der Waals surface area contributed by atoms with Crippen LogP contribution in [0, 0.1) is 5.41 Å². The minimum Gasteiger partial charge on any atom is -0.449 e. The first-order chi connectivity index (χ1) is 18.8. The summed E-state index contributed by atoms with van der Waals surface area (Å²) in [7, 11) is 0. The summed E-state index contributed by atoms with van der Waals surface area (Å²) in [5.41, 5.74) is 9.43. The standard InChI is InChI=1S/C35H37NO3/c1-24-10-9-20-35(2,3)32(24)18-17-25-11-8-12-26(22-25)33(37)19-21-36-34(38)39-23-31-29-15-6-4-13-27(29)28-14-5-7-16-30(28)31/h4-8,11-18,22,31H,9-10,19-21,23H2,1-3H3,(H,36,38). The van der Waals surface area contributed by atoms with Crippen LogP contribution >= 0.6 is 0 Å². The smallest absolute Gasteiger partial charge is 0.407 e. The van der Waals surface area contributed by atoms with Crippen LogP contribution in [0.1, 0.15) is 79.4 Å². The lowest BCUT2D eigenvalue weighted by Gasteiger charge is -2.32. The van der Waals surface area contributed by atoms with E-state index in [-0.39, 0.29) is 36.7 Å². The van der Waals surface area contributed by atoms with Gasteiger partial charge in [0.15, 0.2) is 5.78 Å². The Hall–Kier alpha value is -3.92. The predicted molar refractivity (Wildman–Crippen MR) is 158 cm³/mol. The Morgan fingerprint density at radius 1 is 0.949 bits per heavy atom. The Morgan fingerprint density at radius 2 is 1.64 bits per heavy atom. The minimum absolute atomic E-state index is 0.00223. The van der Waals surface area contributed by atoms with Gasteiger partial charge in [-0.25, -0.2) is 4.79 Å². The molecule has 0 atom stereocenters. The summed E-state index contributed by atoms with van der Waals surface area (Å²) in [6.07, 6.45) is 7.63. The first-order valence-corrected chi connectivity index (χ1v) is 13.9. The molecule has 0 bridgehead atoms. The van der Waals surface area contributed by atoms with Gasteiger partial charge in [-0.15, -0.1) is 0 Å². The number of carbonyl (C=O) groups is 2. The molecule has 0 spiro atoms. The number of fused-ring (bicyclic) bond motifs is 3. The van der Waals surface area contributed by atoms with Crippen LogP contribution in [0.15, 0.2) is 90.0 Å². The molecule has 3 aromatic rings. The van der Waals surface area contributed by atoms with E-state index in [4.69, 9.17) is 4.74 Å². The number of ether oxygens (including phenoxy) is 1. The highest BCUT2D eigenvalue weighted by Gasteiger charge is 2.29. The Morgan fingerprint density at radius 3 is 2.33 bits per heavy atom. The average Bonchev–Trinajstić information content (AvgIpc) is 3.25. The predicted octanol–water partition coefficient (Wildman–Crippen LogP) is 8.34. The fourth-order valence-electron chi connectivity index (χ4n) is 6.08. The van der Waals surface area contributed by atoms with Crippen LogP contribution in [0.25, 0.3) is 17.2 Å². The maximum absolute atomic E-state index is 12.9. The van der Waals surface area contributed by atoms with Crippen molar-refractivity contribution < 1.29 is 14.3 Å². The number of amides is 1. The number of rotatable bonds is 8. The molecule has 0 radical (unpaired) electrons. The van der Waals surface area contributed by atoms with E-state index in [0.29, 0.717) is 5.56 Å². The molecule has 200 valence electrons. The monoisotopic (exact) mass is 519 g/mol. The van der Waals surface area contributed by atoms with Gasteiger partial charge < -0.3 is 10.1 Å². The highest BCUT2D eigenvalue weighted by molar-refractivity contribution is 5.96. The molecule has 5 rings (SSSR count). The van der Waals surface area contributed by atoms with E-state index in [1.165, 1.54) is 46.2 Å². The molecule has 0 aliphatic heterocycles. The van der Waals surface area contributed by atoms with Crippen molar-refractivity contribution in [2.24, 2.45) is 5.41 Å². The van der Waals surface area contributed by atoms with Gasteiger partial charge in [-0.05, 0) is 71.1 Å². The van der Waals surface area contributed by atoms with Crippen LogP contribution in [0.3, 0.4) is 0 Å². The second kappa shape index (κ2) is 11.4. The third-order valence-corrected chi connectivity index (χ3v) is 8.16. The number of nitrogens with one attached hydrogen (secondary N) is 1. The van der Waals surface area contributed by atoms with Crippen molar-refractivity contribution in [3.8, 4) is 11.1 Å². The molecule has 0 unspecified atom stereocenters. The van der Waals surface area contributed by atoms with Crippen LogP contribution in [-0.4, -0.2) is 25.0 Å². The third kappa shape index (κ3) is 5.90. The highest BCUT2D eigenvalue weighted by Crippen LogP contribution is 2.44. The van der Waals surface area contributed by atoms with Crippen molar-refractivity contribution in [1.29, 1.82) is 0 Å². The number of alkyl carbamates (subject to hydrolysis) is 1. The lowest BCUT2D eigenvalue weighted by molar-refractivity contribution is 0.0981. The fourth-order valence-corrected chi connectivity index (χ4v) is 6.08. The molecule has 0 saturated carbocycles. The number of benzene rings is 3. The highest BCUT2D eigenvalue weighted by atomic mass is 16.5. The van der Waals surface area contributed by atoms with Crippen molar-refractivity contribution in [1.82, 2.24) is 5.32 Å². The molecule has 0 aromatic heterocycles. The van der Waals surface area contributed by atoms with Crippen molar-refractivity contribution in [3.63, 3.8) is 0 Å². The van der Waals surface area contributed by atoms with E-state index in [1.54, 1.807) is 0 Å². The first kappa shape index (κ1) is 26.7. The number of ketones is 1. The van der Waals surface area contributed by atoms with Gasteiger partial charge in [-0.3, -0.25) is 4.79 Å². The number of hydrogen-bond donors (Lipinski definition) is 1. The van der Waals surface area contributed by atoms with E-state index in [2.05, 4.69) is 62.5 Å². The molecule has 3 aromatic carbocycles. The Labute approximate surface area is 231 Å². The van der Waals surface area contributed by atoms with E-state index >= 15 is 0 Å². The van der Waals surface area contributed by atoms with Crippen LogP contribution in [0.4, 0.5) is 4.79 Å². The number of Topliss-reactive ketones (excluding diaryl/α,β-unsaturated/α-hetero) is 1. The second-order valence-electron chi connectivity index (χ2n) is 11.3. The number of hydrogen-bond acceptors (Lipinski definition) is 3. The molecule has 0 fully saturated rings. The van der Waals surface area contributed by atoms with E-state index < -0.39 is 6.09 Å². The van der Waals surface area contributed by atoms with Gasteiger partial charge in [-0.2, -0.15) is 0 Å². The van der Waals surface area contributed by atoms with Gasteiger partial charge in [0.25, 0.3) is 0 Å². The number of allylic oxidation sites excluding steroid dienone is 3. The normalized spacial score (nSPS) is 16.2. The molecule has 0 heterocycles. The summed E-state index contributed by atoms with van der Waals surface area (Å²) in [5.74, 6) is 0.0110. The van der Waals surface area contributed by atoms with Gasteiger partial charge in [0, 0.05) is 24.4 Å². The Kier molecular flexibility index (Phi) is 7.83. The van der Waals surface area contributed by atoms with E-state index in [1.807, 2.05) is 48.5 Å². The van der Waals surface area contributed by atoms with Crippen molar-refractivity contribution in [2.45, 2.75) is 52.4 Å². The molecular weight excluding hydrogens is 482 g/mol. The van der Waals surface area contributed by atoms with Crippen molar-refractivity contribution >= 4 is 18.0 Å². The third-order valence-electron chi connectivity index (χ3n) is 8.16. The summed E-state index contributed by atoms with van der Waals surface area (Å²) in [6.45, 7) is 7.33. The topological polar surface area (TPSA) is 55.4 Å². The van der Waals surface area contributed by atoms with Gasteiger partial charge >= 0.3 is 6.09 Å². The molecule has 4 nitrogen and oxygen atoms in total. The quantitative estimate of drug-likeness (QED) is 0.304. The summed E-state index contributed by atoms with van der Waals surface area (Å²) < 4.78 is 5.59. The summed E-state index contributed by atoms with van der Waals surface area (Å²) in [5, 5.41) is 2.75. The molecule has 2 aliphatic rings.